The van der Waals surface area contributed by atoms with Crippen molar-refractivity contribution < 1.29 is 4.39 Å². The highest BCUT2D eigenvalue weighted by molar-refractivity contribution is 14.1. The zero-order valence-corrected chi connectivity index (χ0v) is 9.19. The van der Waals surface area contributed by atoms with Crippen molar-refractivity contribution in [2.75, 3.05) is 0 Å². The number of halogens is 2. The Hall–Kier alpha value is -1.04. The van der Waals surface area contributed by atoms with Gasteiger partial charge in [-0.25, -0.2) is 14.4 Å². The second-order valence-electron chi connectivity index (χ2n) is 2.65. The van der Waals surface area contributed by atoms with Crippen LogP contribution in [0.4, 0.5) is 4.39 Å². The largest absolute Gasteiger partial charge is 0.233 e. The highest BCUT2D eigenvalue weighted by Gasteiger charge is 2.01. The van der Waals surface area contributed by atoms with E-state index in [2.05, 4.69) is 38.6 Å². The molecule has 69 valence electrons. The number of hydrogen-bond acceptors (Lipinski definition) is 2. The minimum atomic E-state index is -0.425. The van der Waals surface area contributed by atoms with E-state index in [9.17, 15) is 4.39 Å². The summed E-state index contributed by atoms with van der Waals surface area (Å²) in [5.41, 5.74) is 0.869. The summed E-state index contributed by atoms with van der Waals surface area (Å²) in [5, 5.41) is 0. The van der Waals surface area contributed by atoms with Crippen molar-refractivity contribution in [3.63, 3.8) is 0 Å². The molecule has 14 heavy (non-hydrogen) atoms. The van der Waals surface area contributed by atoms with Crippen LogP contribution in [0.5, 0.6) is 0 Å². The fraction of sp³-hybridized carbons (Fsp3) is 0. The Labute approximate surface area is 94.4 Å². The first-order chi connectivity index (χ1) is 6.75. The van der Waals surface area contributed by atoms with Gasteiger partial charge in [0.25, 0.3) is 0 Å². The van der Waals surface area contributed by atoms with Crippen LogP contribution in [0.1, 0.15) is 0 Å². The summed E-state index contributed by atoms with van der Waals surface area (Å²) in [4.78, 5) is 7.77. The zero-order valence-electron chi connectivity index (χ0n) is 7.04. The maximum atomic E-state index is 12.5. The monoisotopic (exact) mass is 299 g/mol. The number of nitrogens with zero attached hydrogens (tertiary/aromatic N) is 2. The van der Waals surface area contributed by atoms with Crippen molar-refractivity contribution in [2.45, 2.75) is 0 Å². The van der Waals surface area contributed by atoms with Crippen LogP contribution in [0.15, 0.2) is 30.6 Å². The van der Waals surface area contributed by atoms with Crippen LogP contribution in [0.3, 0.4) is 0 Å². The van der Waals surface area contributed by atoms with Crippen LogP contribution < -0.4 is 0 Å². The summed E-state index contributed by atoms with van der Waals surface area (Å²) in [7, 11) is 0. The van der Waals surface area contributed by atoms with E-state index < -0.39 is 5.82 Å². The van der Waals surface area contributed by atoms with E-state index in [1.54, 1.807) is 6.07 Å². The van der Waals surface area contributed by atoms with E-state index in [0.717, 1.165) is 21.5 Å². The second kappa shape index (κ2) is 4.00. The average Bonchev–Trinajstić information content (AvgIpc) is 2.19. The predicted molar refractivity (Wildman–Crippen MR) is 59.0 cm³/mol. The van der Waals surface area contributed by atoms with Gasteiger partial charge in [0.15, 0.2) is 11.6 Å². The SMILES string of the molecule is Fc1cnc(-c2cc[c]c(I)c2)nc1. The second-order valence-corrected chi connectivity index (χ2v) is 3.81. The van der Waals surface area contributed by atoms with Crippen LogP contribution in [0.25, 0.3) is 11.4 Å². The molecular formula is C10H5FIN2. The molecule has 2 aromatic rings. The Balaban J connectivity index is 2.44. The first kappa shape index (κ1) is 9.51. The third-order valence-electron chi connectivity index (χ3n) is 1.64. The van der Waals surface area contributed by atoms with Crippen molar-refractivity contribution in [1.82, 2.24) is 9.97 Å². The number of rotatable bonds is 1. The third-order valence-corrected chi connectivity index (χ3v) is 2.27. The maximum absolute atomic E-state index is 12.5. The standard InChI is InChI=1S/C10H5FIN2/c11-8-5-13-10(14-6-8)7-2-1-3-9(12)4-7/h1-2,4-6H. The topological polar surface area (TPSA) is 25.8 Å². The van der Waals surface area contributed by atoms with Gasteiger partial charge in [-0.3, -0.25) is 0 Å². The van der Waals surface area contributed by atoms with Gasteiger partial charge in [-0.15, -0.1) is 0 Å². The lowest BCUT2D eigenvalue weighted by molar-refractivity contribution is 0.614. The fourth-order valence-corrected chi connectivity index (χ4v) is 1.55. The summed E-state index contributed by atoms with van der Waals surface area (Å²) in [6.07, 6.45) is 2.32. The molecule has 2 nitrogen and oxygen atoms in total. The molecule has 0 spiro atoms. The lowest BCUT2D eigenvalue weighted by Gasteiger charge is -1.98. The third kappa shape index (κ3) is 2.06. The first-order valence-corrected chi connectivity index (χ1v) is 4.99. The Morgan fingerprint density at radius 1 is 1.29 bits per heavy atom. The normalized spacial score (nSPS) is 10.1. The van der Waals surface area contributed by atoms with Gasteiger partial charge in [0.05, 0.1) is 12.4 Å². The number of aromatic nitrogens is 2. The highest BCUT2D eigenvalue weighted by Crippen LogP contribution is 2.16. The van der Waals surface area contributed by atoms with Crippen LogP contribution in [0.2, 0.25) is 0 Å². The van der Waals surface area contributed by atoms with E-state index in [0.29, 0.717) is 5.82 Å². The molecule has 0 unspecified atom stereocenters. The van der Waals surface area contributed by atoms with Crippen LogP contribution >= 0.6 is 22.6 Å². The van der Waals surface area contributed by atoms with Gasteiger partial charge in [-0.2, -0.15) is 0 Å². The van der Waals surface area contributed by atoms with E-state index in [1.165, 1.54) is 0 Å². The zero-order chi connectivity index (χ0) is 9.97. The van der Waals surface area contributed by atoms with E-state index >= 15 is 0 Å². The average molecular weight is 299 g/mol. The molecule has 0 amide bonds. The van der Waals surface area contributed by atoms with Crippen LogP contribution in [-0.2, 0) is 0 Å². The molecule has 0 fully saturated rings. The van der Waals surface area contributed by atoms with Gasteiger partial charge in [-0.05, 0) is 34.7 Å². The van der Waals surface area contributed by atoms with E-state index in [4.69, 9.17) is 0 Å². The molecule has 0 aliphatic carbocycles. The molecule has 1 heterocycles. The summed E-state index contributed by atoms with van der Waals surface area (Å²) in [6, 6.07) is 8.54. The van der Waals surface area contributed by atoms with Crippen molar-refractivity contribution in [3.8, 4) is 11.4 Å². The van der Waals surface area contributed by atoms with Crippen molar-refractivity contribution in [1.29, 1.82) is 0 Å². The molecule has 1 radical (unpaired) electrons. The Morgan fingerprint density at radius 2 is 2.00 bits per heavy atom. The van der Waals surface area contributed by atoms with Crippen LogP contribution in [-0.4, -0.2) is 9.97 Å². The smallest absolute Gasteiger partial charge is 0.159 e. The van der Waals surface area contributed by atoms with Crippen molar-refractivity contribution in [3.05, 3.63) is 46.0 Å². The minimum absolute atomic E-state index is 0.425. The maximum Gasteiger partial charge on any atom is 0.159 e. The molecular weight excluding hydrogens is 294 g/mol. The quantitative estimate of drug-likeness (QED) is 0.757. The van der Waals surface area contributed by atoms with Gasteiger partial charge in [0, 0.05) is 9.13 Å². The molecule has 0 saturated carbocycles. The Kier molecular flexibility index (Phi) is 2.72. The van der Waals surface area contributed by atoms with E-state index in [1.807, 2.05) is 12.1 Å². The van der Waals surface area contributed by atoms with Gasteiger partial charge < -0.3 is 0 Å². The molecule has 0 aliphatic rings. The summed E-state index contributed by atoms with van der Waals surface area (Å²) < 4.78 is 13.5. The number of benzene rings is 1. The lowest BCUT2D eigenvalue weighted by atomic mass is 10.2. The van der Waals surface area contributed by atoms with Crippen molar-refractivity contribution >= 4 is 22.6 Å². The molecule has 0 N–H and O–H groups in total. The van der Waals surface area contributed by atoms with Gasteiger partial charge in [-0.1, -0.05) is 12.1 Å². The molecule has 1 aromatic heterocycles. The Bertz CT molecular complexity index is 442. The van der Waals surface area contributed by atoms with Crippen LogP contribution in [0, 0.1) is 15.5 Å². The lowest BCUT2D eigenvalue weighted by Crippen LogP contribution is -1.89. The highest BCUT2D eigenvalue weighted by atomic mass is 127. The molecule has 4 heteroatoms. The molecule has 0 aliphatic heterocycles. The molecule has 0 saturated heterocycles. The van der Waals surface area contributed by atoms with Gasteiger partial charge >= 0.3 is 0 Å². The molecule has 0 bridgehead atoms. The Morgan fingerprint density at radius 3 is 2.64 bits per heavy atom. The minimum Gasteiger partial charge on any atom is -0.233 e. The molecule has 0 atom stereocenters. The first-order valence-electron chi connectivity index (χ1n) is 3.91. The number of hydrogen-bond donors (Lipinski definition) is 0. The molecule has 1 aromatic carbocycles. The van der Waals surface area contributed by atoms with Crippen molar-refractivity contribution in [2.24, 2.45) is 0 Å². The molecule has 2 rings (SSSR count). The van der Waals surface area contributed by atoms with Gasteiger partial charge in [0.1, 0.15) is 0 Å². The van der Waals surface area contributed by atoms with E-state index in [-0.39, 0.29) is 0 Å². The summed E-state index contributed by atoms with van der Waals surface area (Å²) in [6.45, 7) is 0. The summed E-state index contributed by atoms with van der Waals surface area (Å²) in [5.74, 6) is 0.101. The predicted octanol–water partition coefficient (Wildman–Crippen LogP) is 2.69. The fourth-order valence-electron chi connectivity index (χ4n) is 1.04. The van der Waals surface area contributed by atoms with Gasteiger partial charge in [0.2, 0.25) is 0 Å². The summed E-state index contributed by atoms with van der Waals surface area (Å²) >= 11 is 2.15.